The zero-order valence-corrected chi connectivity index (χ0v) is 11.7. The molecule has 0 aromatic heterocycles. The van der Waals surface area contributed by atoms with E-state index in [1.165, 1.54) is 0 Å². The van der Waals surface area contributed by atoms with Gasteiger partial charge in [-0.1, -0.05) is 0 Å². The fourth-order valence-electron chi connectivity index (χ4n) is 1.22. The highest BCUT2D eigenvalue weighted by atomic mass is 16.5. The molecule has 0 aromatic carbocycles. The van der Waals surface area contributed by atoms with Crippen LogP contribution in [-0.2, 0) is 14.3 Å². The molecule has 0 heterocycles. The van der Waals surface area contributed by atoms with Gasteiger partial charge in [0.25, 0.3) is 0 Å². The third-order valence-corrected chi connectivity index (χ3v) is 2.25. The van der Waals surface area contributed by atoms with Gasteiger partial charge in [0.2, 0.25) is 5.91 Å². The van der Waals surface area contributed by atoms with Crippen molar-refractivity contribution in [1.82, 2.24) is 10.2 Å². The second kappa shape index (κ2) is 8.44. The van der Waals surface area contributed by atoms with Gasteiger partial charge in [-0.25, -0.2) is 0 Å². The largest absolute Gasteiger partial charge is 0.383 e. The number of ether oxygens (including phenoxy) is 2. The number of hydrogen-bond donors (Lipinski definition) is 1. The SMILES string of the molecule is COCCN(CCOC)C(=O)CNC(C)(C)C. The highest BCUT2D eigenvalue weighted by Gasteiger charge is 2.16. The van der Waals surface area contributed by atoms with Gasteiger partial charge in [-0.05, 0) is 20.8 Å². The fourth-order valence-corrected chi connectivity index (χ4v) is 1.22. The zero-order valence-electron chi connectivity index (χ0n) is 11.7. The van der Waals surface area contributed by atoms with E-state index in [0.717, 1.165) is 0 Å². The Hall–Kier alpha value is -0.650. The summed E-state index contributed by atoms with van der Waals surface area (Å²) in [5, 5.41) is 3.18. The van der Waals surface area contributed by atoms with Crippen LogP contribution in [0.3, 0.4) is 0 Å². The molecule has 1 N–H and O–H groups in total. The minimum absolute atomic E-state index is 0.0517. The van der Waals surface area contributed by atoms with Crippen molar-refractivity contribution < 1.29 is 14.3 Å². The third-order valence-electron chi connectivity index (χ3n) is 2.25. The fraction of sp³-hybridized carbons (Fsp3) is 0.917. The number of hydrogen-bond acceptors (Lipinski definition) is 4. The van der Waals surface area contributed by atoms with Gasteiger partial charge < -0.3 is 19.7 Å². The Morgan fingerprint density at radius 2 is 1.59 bits per heavy atom. The van der Waals surface area contributed by atoms with Crippen molar-refractivity contribution >= 4 is 5.91 Å². The van der Waals surface area contributed by atoms with Crippen LogP contribution in [0.2, 0.25) is 0 Å². The first-order valence-corrected chi connectivity index (χ1v) is 5.91. The van der Waals surface area contributed by atoms with Crippen LogP contribution >= 0.6 is 0 Å². The summed E-state index contributed by atoms with van der Waals surface area (Å²) >= 11 is 0. The molecule has 0 radical (unpaired) electrons. The van der Waals surface area contributed by atoms with Crippen molar-refractivity contribution in [2.45, 2.75) is 26.3 Å². The predicted molar refractivity (Wildman–Crippen MR) is 68.1 cm³/mol. The number of carbonyl (C=O) groups is 1. The normalized spacial score (nSPS) is 11.6. The quantitative estimate of drug-likeness (QED) is 0.677. The van der Waals surface area contributed by atoms with Gasteiger partial charge in [-0.3, -0.25) is 4.79 Å². The number of nitrogens with one attached hydrogen (secondary N) is 1. The summed E-state index contributed by atoms with van der Waals surface area (Å²) in [7, 11) is 3.26. The average molecular weight is 246 g/mol. The maximum Gasteiger partial charge on any atom is 0.236 e. The Morgan fingerprint density at radius 3 is 1.94 bits per heavy atom. The lowest BCUT2D eigenvalue weighted by molar-refractivity contribution is -0.131. The molecule has 0 atom stereocenters. The van der Waals surface area contributed by atoms with Crippen LogP contribution in [0.1, 0.15) is 20.8 Å². The molecule has 0 aliphatic carbocycles. The highest BCUT2D eigenvalue weighted by Crippen LogP contribution is 1.98. The Labute approximate surface area is 104 Å². The smallest absolute Gasteiger partial charge is 0.236 e. The molecular weight excluding hydrogens is 220 g/mol. The van der Waals surface area contributed by atoms with Gasteiger partial charge in [0.1, 0.15) is 0 Å². The van der Waals surface area contributed by atoms with Gasteiger partial charge in [0, 0.05) is 32.8 Å². The molecule has 0 bridgehead atoms. The Morgan fingerprint density at radius 1 is 1.12 bits per heavy atom. The van der Waals surface area contributed by atoms with Crippen molar-refractivity contribution in [1.29, 1.82) is 0 Å². The molecule has 102 valence electrons. The van der Waals surface area contributed by atoms with Crippen LogP contribution in [-0.4, -0.2) is 63.4 Å². The van der Waals surface area contributed by atoms with Crippen molar-refractivity contribution in [3.8, 4) is 0 Å². The number of amides is 1. The summed E-state index contributed by atoms with van der Waals surface area (Å²) in [4.78, 5) is 13.7. The first kappa shape index (κ1) is 16.4. The molecule has 0 aliphatic heterocycles. The summed E-state index contributed by atoms with van der Waals surface area (Å²) in [6.07, 6.45) is 0. The van der Waals surface area contributed by atoms with Crippen LogP contribution in [0.25, 0.3) is 0 Å². The van der Waals surface area contributed by atoms with Gasteiger partial charge in [-0.15, -0.1) is 0 Å². The molecule has 5 heteroatoms. The van der Waals surface area contributed by atoms with E-state index in [1.54, 1.807) is 19.1 Å². The van der Waals surface area contributed by atoms with E-state index in [-0.39, 0.29) is 11.4 Å². The minimum atomic E-state index is -0.0517. The van der Waals surface area contributed by atoms with Gasteiger partial charge in [0.15, 0.2) is 0 Å². The molecule has 0 fully saturated rings. The van der Waals surface area contributed by atoms with E-state index in [2.05, 4.69) is 5.32 Å². The molecule has 0 rings (SSSR count). The van der Waals surface area contributed by atoms with Gasteiger partial charge in [0.05, 0.1) is 19.8 Å². The number of methoxy groups -OCH3 is 2. The maximum atomic E-state index is 12.0. The van der Waals surface area contributed by atoms with Gasteiger partial charge >= 0.3 is 0 Å². The lowest BCUT2D eigenvalue weighted by Gasteiger charge is -2.25. The highest BCUT2D eigenvalue weighted by molar-refractivity contribution is 5.78. The summed E-state index contributed by atoms with van der Waals surface area (Å²) in [6, 6.07) is 0. The molecule has 0 spiro atoms. The van der Waals surface area contributed by atoms with Crippen LogP contribution in [0.4, 0.5) is 0 Å². The van der Waals surface area contributed by atoms with Crippen LogP contribution in [0.15, 0.2) is 0 Å². The molecule has 0 unspecified atom stereocenters. The molecule has 1 amide bonds. The Kier molecular flexibility index (Phi) is 8.12. The summed E-state index contributed by atoms with van der Waals surface area (Å²) in [5.74, 6) is 0.0778. The molecule has 0 saturated heterocycles. The van der Waals surface area contributed by atoms with Crippen molar-refractivity contribution in [3.63, 3.8) is 0 Å². The second-order valence-corrected chi connectivity index (χ2v) is 4.97. The predicted octanol–water partition coefficient (Wildman–Crippen LogP) is 0.496. The first-order valence-electron chi connectivity index (χ1n) is 5.91. The first-order chi connectivity index (χ1) is 7.90. The van der Waals surface area contributed by atoms with E-state index < -0.39 is 0 Å². The van der Waals surface area contributed by atoms with Crippen LogP contribution in [0.5, 0.6) is 0 Å². The summed E-state index contributed by atoms with van der Waals surface area (Å²) in [6.45, 7) is 8.75. The maximum absolute atomic E-state index is 12.0. The molecule has 17 heavy (non-hydrogen) atoms. The Balaban J connectivity index is 4.11. The number of nitrogens with zero attached hydrogens (tertiary/aromatic N) is 1. The number of rotatable bonds is 8. The third kappa shape index (κ3) is 9.09. The second-order valence-electron chi connectivity index (χ2n) is 4.97. The van der Waals surface area contributed by atoms with Gasteiger partial charge in [-0.2, -0.15) is 0 Å². The van der Waals surface area contributed by atoms with E-state index in [4.69, 9.17) is 9.47 Å². The van der Waals surface area contributed by atoms with Crippen molar-refractivity contribution in [2.24, 2.45) is 0 Å². The molecular formula is C12H26N2O3. The minimum Gasteiger partial charge on any atom is -0.383 e. The zero-order chi connectivity index (χ0) is 13.3. The standard InChI is InChI=1S/C12H26N2O3/c1-12(2,3)13-10-11(15)14(6-8-16-4)7-9-17-5/h13H,6-10H2,1-5H3. The molecule has 5 nitrogen and oxygen atoms in total. The summed E-state index contributed by atoms with van der Waals surface area (Å²) in [5.41, 5.74) is -0.0517. The molecule has 0 aromatic rings. The van der Waals surface area contributed by atoms with Crippen molar-refractivity contribution in [2.75, 3.05) is 47.1 Å². The summed E-state index contributed by atoms with van der Waals surface area (Å²) < 4.78 is 9.99. The van der Waals surface area contributed by atoms with E-state index in [9.17, 15) is 4.79 Å². The molecule has 0 saturated carbocycles. The Bertz CT molecular complexity index is 206. The lowest BCUT2D eigenvalue weighted by atomic mass is 10.1. The monoisotopic (exact) mass is 246 g/mol. The topological polar surface area (TPSA) is 50.8 Å². The van der Waals surface area contributed by atoms with E-state index >= 15 is 0 Å². The average Bonchev–Trinajstić information content (AvgIpc) is 2.25. The van der Waals surface area contributed by atoms with Crippen LogP contribution in [0, 0.1) is 0 Å². The molecule has 0 aliphatic rings. The number of carbonyl (C=O) groups excluding carboxylic acids is 1. The van der Waals surface area contributed by atoms with E-state index in [1.807, 2.05) is 20.8 Å². The van der Waals surface area contributed by atoms with E-state index in [0.29, 0.717) is 32.8 Å². The van der Waals surface area contributed by atoms with Crippen molar-refractivity contribution in [3.05, 3.63) is 0 Å². The van der Waals surface area contributed by atoms with Crippen LogP contribution < -0.4 is 5.32 Å². The lowest BCUT2D eigenvalue weighted by Crippen LogP contribution is -2.46.